The predicted molar refractivity (Wildman–Crippen MR) is 145 cm³/mol. The van der Waals surface area contributed by atoms with E-state index in [0.717, 1.165) is 42.6 Å². The van der Waals surface area contributed by atoms with Crippen LogP contribution in [0.3, 0.4) is 0 Å². The Morgan fingerprint density at radius 2 is 1.68 bits per heavy atom. The zero-order chi connectivity index (χ0) is 25.8. The third kappa shape index (κ3) is 5.37. The number of amides is 1. The van der Waals surface area contributed by atoms with E-state index in [4.69, 9.17) is 9.40 Å². The summed E-state index contributed by atoms with van der Waals surface area (Å²) in [6.45, 7) is 6.77. The van der Waals surface area contributed by atoms with Crippen LogP contribution in [-0.4, -0.2) is 42.0 Å². The molecule has 37 heavy (non-hydrogen) atoms. The molecule has 0 radical (unpaired) electrons. The number of anilines is 2. The number of para-hydroxylation sites is 2. The number of nitrogens with one attached hydrogen (secondary N) is 1. The van der Waals surface area contributed by atoms with Gasteiger partial charge in [-0.3, -0.25) is 9.69 Å². The average Bonchev–Trinajstić information content (AvgIpc) is 3.34. The van der Waals surface area contributed by atoms with Crippen LogP contribution in [0.15, 0.2) is 77.2 Å². The number of hydrogen-bond acceptors (Lipinski definition) is 5. The van der Waals surface area contributed by atoms with E-state index in [1.54, 1.807) is 12.1 Å². The molecule has 6 nitrogen and oxygen atoms in total. The number of oxazole rings is 1. The molecule has 0 bridgehead atoms. The minimum atomic E-state index is -0.325. The van der Waals surface area contributed by atoms with E-state index in [0.29, 0.717) is 30.4 Å². The zero-order valence-electron chi connectivity index (χ0n) is 21.4. The number of piperazine rings is 1. The van der Waals surface area contributed by atoms with Crippen molar-refractivity contribution >= 4 is 28.4 Å². The second-order valence-corrected chi connectivity index (χ2v) is 9.52. The van der Waals surface area contributed by atoms with Gasteiger partial charge in [-0.25, -0.2) is 9.37 Å². The second kappa shape index (κ2) is 11.1. The number of carbonyl (C=O) groups excluding carboxylic acids is 1. The highest BCUT2D eigenvalue weighted by atomic mass is 19.1. The molecule has 1 aliphatic rings. The van der Waals surface area contributed by atoms with E-state index >= 15 is 4.39 Å². The van der Waals surface area contributed by atoms with Crippen LogP contribution in [0.5, 0.6) is 0 Å². The van der Waals surface area contributed by atoms with E-state index < -0.39 is 0 Å². The van der Waals surface area contributed by atoms with Crippen molar-refractivity contribution in [3.63, 3.8) is 0 Å². The normalized spacial score (nSPS) is 15.3. The van der Waals surface area contributed by atoms with Gasteiger partial charge in [0.15, 0.2) is 5.58 Å². The Bertz CT molecular complexity index is 1310. The molecule has 1 unspecified atom stereocenters. The standard InChI is InChI=1S/C30H33FN4O2/c1-3-21(4-2)29(36)32-23-14-15-26(24(31)20-23)34-16-18-35(19-17-34)28(22-10-6-5-7-11-22)30-33-25-12-8-9-13-27(25)37-30/h5-15,20-21,28H,3-4,16-19H2,1-2H3,(H,32,36). The first-order valence-electron chi connectivity index (χ1n) is 13.1. The van der Waals surface area contributed by atoms with Crippen LogP contribution < -0.4 is 10.2 Å². The molecule has 3 aromatic carbocycles. The van der Waals surface area contributed by atoms with E-state index in [1.807, 2.05) is 56.3 Å². The molecular formula is C30H33FN4O2. The van der Waals surface area contributed by atoms with Crippen molar-refractivity contribution in [1.29, 1.82) is 0 Å². The number of nitrogens with zero attached hydrogens (tertiary/aromatic N) is 3. The van der Waals surface area contributed by atoms with Gasteiger partial charge in [-0.2, -0.15) is 0 Å². The van der Waals surface area contributed by atoms with Gasteiger partial charge in [0.2, 0.25) is 11.8 Å². The van der Waals surface area contributed by atoms with Crippen LogP contribution in [0.25, 0.3) is 11.1 Å². The van der Waals surface area contributed by atoms with Gasteiger partial charge in [-0.15, -0.1) is 0 Å². The summed E-state index contributed by atoms with van der Waals surface area (Å²) in [6, 6.07) is 22.9. The van der Waals surface area contributed by atoms with Crippen LogP contribution in [0, 0.1) is 11.7 Å². The highest BCUT2D eigenvalue weighted by Crippen LogP contribution is 2.32. The van der Waals surface area contributed by atoms with Crippen molar-refractivity contribution in [2.24, 2.45) is 5.92 Å². The Labute approximate surface area is 217 Å². The maximum atomic E-state index is 15.1. The van der Waals surface area contributed by atoms with Gasteiger partial charge >= 0.3 is 0 Å². The molecule has 1 aromatic heterocycles. The lowest BCUT2D eigenvalue weighted by Crippen LogP contribution is -2.48. The monoisotopic (exact) mass is 500 g/mol. The minimum Gasteiger partial charge on any atom is -0.439 e. The molecule has 7 heteroatoms. The third-order valence-corrected chi connectivity index (χ3v) is 7.25. The number of aromatic nitrogens is 1. The summed E-state index contributed by atoms with van der Waals surface area (Å²) >= 11 is 0. The highest BCUT2D eigenvalue weighted by Gasteiger charge is 2.31. The SMILES string of the molecule is CCC(CC)C(=O)Nc1ccc(N2CCN(C(c3ccccc3)c3nc4ccccc4o3)CC2)c(F)c1. The summed E-state index contributed by atoms with van der Waals surface area (Å²) in [5.74, 6) is 0.227. The number of fused-ring (bicyclic) bond motifs is 1. The highest BCUT2D eigenvalue weighted by molar-refractivity contribution is 5.92. The first-order valence-corrected chi connectivity index (χ1v) is 13.1. The van der Waals surface area contributed by atoms with E-state index in [1.165, 1.54) is 6.07 Å². The Balaban J connectivity index is 1.31. The Morgan fingerprint density at radius 1 is 0.973 bits per heavy atom. The maximum Gasteiger partial charge on any atom is 0.227 e. The van der Waals surface area contributed by atoms with Crippen molar-refractivity contribution < 1.29 is 13.6 Å². The van der Waals surface area contributed by atoms with Crippen LogP contribution in [0.2, 0.25) is 0 Å². The number of carbonyl (C=O) groups is 1. The fourth-order valence-electron chi connectivity index (χ4n) is 5.12. The fraction of sp³-hybridized carbons (Fsp3) is 0.333. The summed E-state index contributed by atoms with van der Waals surface area (Å²) in [5, 5.41) is 2.86. The van der Waals surface area contributed by atoms with E-state index in [2.05, 4.69) is 27.2 Å². The van der Waals surface area contributed by atoms with Gasteiger partial charge in [0, 0.05) is 37.8 Å². The minimum absolute atomic E-state index is 0.0584. The fourth-order valence-corrected chi connectivity index (χ4v) is 5.12. The molecule has 0 saturated carbocycles. The maximum absolute atomic E-state index is 15.1. The number of halogens is 1. The largest absolute Gasteiger partial charge is 0.439 e. The number of benzene rings is 3. The molecule has 0 spiro atoms. The smallest absolute Gasteiger partial charge is 0.227 e. The third-order valence-electron chi connectivity index (χ3n) is 7.25. The quantitative estimate of drug-likeness (QED) is 0.310. The summed E-state index contributed by atoms with van der Waals surface area (Å²) in [4.78, 5) is 21.6. The van der Waals surface area contributed by atoms with Crippen LogP contribution in [0.4, 0.5) is 15.8 Å². The lowest BCUT2D eigenvalue weighted by molar-refractivity contribution is -0.120. The summed E-state index contributed by atoms with van der Waals surface area (Å²) in [6.07, 6.45) is 1.53. The molecule has 1 aliphatic heterocycles. The lowest BCUT2D eigenvalue weighted by Gasteiger charge is -2.39. The molecule has 2 heterocycles. The van der Waals surface area contributed by atoms with E-state index in [9.17, 15) is 4.79 Å². The second-order valence-electron chi connectivity index (χ2n) is 9.52. The molecule has 1 amide bonds. The summed E-state index contributed by atoms with van der Waals surface area (Å²) < 4.78 is 21.3. The number of rotatable bonds is 8. The molecule has 1 N–H and O–H groups in total. The van der Waals surface area contributed by atoms with Gasteiger partial charge in [0.1, 0.15) is 17.4 Å². The lowest BCUT2D eigenvalue weighted by atomic mass is 10.0. The van der Waals surface area contributed by atoms with Gasteiger partial charge in [0.25, 0.3) is 0 Å². The van der Waals surface area contributed by atoms with Crippen LogP contribution >= 0.6 is 0 Å². The topological polar surface area (TPSA) is 61.6 Å². The Hall–Kier alpha value is -3.71. The van der Waals surface area contributed by atoms with Crippen molar-refractivity contribution in [2.75, 3.05) is 36.4 Å². The summed E-state index contributed by atoms with van der Waals surface area (Å²) in [5.41, 5.74) is 3.78. The van der Waals surface area contributed by atoms with Gasteiger partial charge in [0.05, 0.1) is 5.69 Å². The molecule has 4 aromatic rings. The first kappa shape index (κ1) is 25.0. The number of hydrogen-bond donors (Lipinski definition) is 1. The van der Waals surface area contributed by atoms with Gasteiger partial charge < -0.3 is 14.6 Å². The molecule has 1 atom stereocenters. The van der Waals surface area contributed by atoms with Crippen molar-refractivity contribution in [2.45, 2.75) is 32.7 Å². The van der Waals surface area contributed by atoms with Crippen molar-refractivity contribution in [3.05, 3.63) is 90.1 Å². The first-order chi connectivity index (χ1) is 18.1. The molecule has 5 rings (SSSR count). The average molecular weight is 501 g/mol. The van der Waals surface area contributed by atoms with Gasteiger partial charge in [-0.05, 0) is 48.7 Å². The van der Waals surface area contributed by atoms with Crippen molar-refractivity contribution in [1.82, 2.24) is 9.88 Å². The molecular weight excluding hydrogens is 467 g/mol. The Kier molecular flexibility index (Phi) is 7.51. The summed E-state index contributed by atoms with van der Waals surface area (Å²) in [7, 11) is 0. The van der Waals surface area contributed by atoms with Crippen molar-refractivity contribution in [3.8, 4) is 0 Å². The molecule has 1 fully saturated rings. The van der Waals surface area contributed by atoms with Gasteiger partial charge in [-0.1, -0.05) is 56.3 Å². The molecule has 0 aliphatic carbocycles. The van der Waals surface area contributed by atoms with Crippen LogP contribution in [-0.2, 0) is 4.79 Å². The Morgan fingerprint density at radius 3 is 2.35 bits per heavy atom. The van der Waals surface area contributed by atoms with E-state index in [-0.39, 0.29) is 23.7 Å². The predicted octanol–water partition coefficient (Wildman–Crippen LogP) is 6.25. The molecule has 192 valence electrons. The molecule has 1 saturated heterocycles. The zero-order valence-corrected chi connectivity index (χ0v) is 21.4. The van der Waals surface area contributed by atoms with Crippen LogP contribution in [0.1, 0.15) is 44.2 Å².